The summed E-state index contributed by atoms with van der Waals surface area (Å²) in [6.07, 6.45) is 19.6. The first-order chi connectivity index (χ1) is 17.3. The molecule has 2 heterocycles. The van der Waals surface area contributed by atoms with Gasteiger partial charge in [-0.15, -0.1) is 6.58 Å². The Morgan fingerprint density at radius 3 is 2.42 bits per heavy atom. The zero-order valence-corrected chi connectivity index (χ0v) is 23.8. The Balaban J connectivity index is 0. The normalized spacial score (nSPS) is 15.2. The average Bonchev–Trinajstić information content (AvgIpc) is 3.28. The fourth-order valence-electron chi connectivity index (χ4n) is 3.21. The molecule has 1 aliphatic rings. The Kier molecular flexibility index (Phi) is 23.2. The van der Waals surface area contributed by atoms with Crippen LogP contribution in [0.4, 0.5) is 0 Å². The number of allylic oxidation sites excluding steroid dienone is 6. The number of carbonyl (C=O) groups is 1. The number of nitrogens with one attached hydrogen (secondary N) is 1. The molecule has 0 aliphatic carbocycles. The van der Waals surface area contributed by atoms with Crippen LogP contribution in [0.5, 0.6) is 0 Å². The molecule has 0 bridgehead atoms. The first kappa shape index (κ1) is 35.2. The van der Waals surface area contributed by atoms with Gasteiger partial charge in [-0.2, -0.15) is 0 Å². The van der Waals surface area contributed by atoms with Gasteiger partial charge in [0.2, 0.25) is 5.91 Å². The van der Waals surface area contributed by atoms with Crippen LogP contribution in [0.3, 0.4) is 0 Å². The van der Waals surface area contributed by atoms with Crippen molar-refractivity contribution in [2.24, 2.45) is 0 Å². The highest BCUT2D eigenvalue weighted by atomic mass is 16.4. The molecule has 1 N–H and O–H groups in total. The molecule has 0 aromatic carbocycles. The number of ether oxygens (including phenoxy) is 1. The molecule has 1 aromatic heterocycles. The van der Waals surface area contributed by atoms with Gasteiger partial charge in [0.05, 0.1) is 12.0 Å². The van der Waals surface area contributed by atoms with E-state index in [2.05, 4.69) is 39.7 Å². The van der Waals surface area contributed by atoms with Crippen LogP contribution in [0.1, 0.15) is 52.7 Å². The lowest BCUT2D eigenvalue weighted by atomic mass is 10.0. The van der Waals surface area contributed by atoms with Crippen LogP contribution in [0.25, 0.3) is 5.70 Å². The number of aryl methyl sites for hydroxylation is 1. The minimum Gasteiger partial charge on any atom is -0.388 e. The molecule has 0 radical (unpaired) electrons. The molecule has 2 rings (SSSR count). The summed E-state index contributed by atoms with van der Waals surface area (Å²) in [6.45, 7) is 24.0. The van der Waals surface area contributed by atoms with E-state index < -0.39 is 0 Å². The van der Waals surface area contributed by atoms with E-state index in [9.17, 15) is 4.79 Å². The summed E-state index contributed by atoms with van der Waals surface area (Å²) in [5.41, 5.74) is 2.82. The molecule has 1 fully saturated rings. The minimum absolute atomic E-state index is 0.0458. The van der Waals surface area contributed by atoms with E-state index in [0.717, 1.165) is 49.4 Å². The lowest BCUT2D eigenvalue weighted by Gasteiger charge is -2.33. The third kappa shape index (κ3) is 18.4. The summed E-state index contributed by atoms with van der Waals surface area (Å²) in [4.78, 5) is 18.8. The molecule has 0 saturated carbocycles. The fourth-order valence-corrected chi connectivity index (χ4v) is 3.21. The van der Waals surface area contributed by atoms with E-state index in [-0.39, 0.29) is 11.9 Å². The van der Waals surface area contributed by atoms with Crippen molar-refractivity contribution in [3.05, 3.63) is 86.1 Å². The first-order valence-electron chi connectivity index (χ1n) is 12.6. The van der Waals surface area contributed by atoms with Crippen LogP contribution in [0.15, 0.2) is 80.4 Å². The molecule has 0 spiro atoms. The smallest absolute Gasteiger partial charge is 0.224 e. The Bertz CT molecular complexity index is 834. The minimum atomic E-state index is 0.0458. The summed E-state index contributed by atoms with van der Waals surface area (Å²) >= 11 is 0. The molecule has 1 amide bonds. The number of amides is 1. The van der Waals surface area contributed by atoms with E-state index in [4.69, 9.17) is 0 Å². The number of hydrogen-bond donors (Lipinski definition) is 1. The van der Waals surface area contributed by atoms with E-state index in [0.29, 0.717) is 6.42 Å². The molecular weight excluding hydrogens is 448 g/mol. The highest BCUT2D eigenvalue weighted by Crippen LogP contribution is 2.12. The van der Waals surface area contributed by atoms with E-state index in [1.54, 1.807) is 26.6 Å². The number of carbonyl (C=O) groups excluding carboxylic acids is 1. The summed E-state index contributed by atoms with van der Waals surface area (Å²) < 4.78 is 6.10. The number of methoxy groups -OCH3 is 1. The third-order valence-electron chi connectivity index (χ3n) is 4.59. The molecule has 202 valence electrons. The van der Waals surface area contributed by atoms with Gasteiger partial charge in [0.25, 0.3) is 0 Å². The van der Waals surface area contributed by atoms with Crippen molar-refractivity contribution in [3.8, 4) is 0 Å². The summed E-state index contributed by atoms with van der Waals surface area (Å²) in [6, 6.07) is 0.196. The van der Waals surface area contributed by atoms with Crippen LogP contribution < -0.4 is 5.32 Å². The van der Waals surface area contributed by atoms with Crippen LogP contribution in [0, 0.1) is 6.92 Å². The zero-order chi connectivity index (χ0) is 27.8. The highest BCUT2D eigenvalue weighted by molar-refractivity contribution is 5.78. The Labute approximate surface area is 220 Å². The second-order valence-corrected chi connectivity index (χ2v) is 8.02. The Hall–Kier alpha value is -2.96. The van der Waals surface area contributed by atoms with Gasteiger partial charge in [-0.1, -0.05) is 63.5 Å². The molecule has 1 aliphatic heterocycles. The third-order valence-corrected chi connectivity index (χ3v) is 4.59. The van der Waals surface area contributed by atoms with Gasteiger partial charge in [-0.05, 0) is 51.8 Å². The van der Waals surface area contributed by atoms with Crippen molar-refractivity contribution in [3.63, 3.8) is 0 Å². The number of imidazole rings is 1. The van der Waals surface area contributed by atoms with Crippen molar-refractivity contribution in [1.29, 1.82) is 0 Å². The standard InChI is InChI=1S/C23H32N4O.C3H6.C2H6O.C2H6/c1-5-6-7-10-19(2)15-26-14-9-12-22(17-26)25-23(28)13-8-11-21(4)27-16-20(3)24-18-27;2*1-3-2;1-2/h5-8,10-11,16,18,22H,2,4,9,12-15,17H2,1,3H3,(H,25,28);3H,1H2,2H3;1-2H3;1-2H3/b6-5-,10-7-,11-8-;;;. The van der Waals surface area contributed by atoms with Crippen LogP contribution in [0.2, 0.25) is 0 Å². The lowest BCUT2D eigenvalue weighted by Crippen LogP contribution is -2.47. The summed E-state index contributed by atoms with van der Waals surface area (Å²) in [5, 5.41) is 3.15. The van der Waals surface area contributed by atoms with Gasteiger partial charge in [0.15, 0.2) is 0 Å². The number of aromatic nitrogens is 2. The number of likely N-dealkylation sites (tertiary alicyclic amines) is 1. The second-order valence-electron chi connectivity index (χ2n) is 8.02. The number of hydrogen-bond acceptors (Lipinski definition) is 4. The van der Waals surface area contributed by atoms with Gasteiger partial charge in [-0.3, -0.25) is 9.69 Å². The van der Waals surface area contributed by atoms with Gasteiger partial charge < -0.3 is 14.6 Å². The second kappa shape index (κ2) is 23.8. The van der Waals surface area contributed by atoms with Crippen LogP contribution in [-0.2, 0) is 9.53 Å². The van der Waals surface area contributed by atoms with Gasteiger partial charge >= 0.3 is 0 Å². The van der Waals surface area contributed by atoms with Crippen molar-refractivity contribution in [2.45, 2.75) is 59.9 Å². The summed E-state index contributed by atoms with van der Waals surface area (Å²) in [7, 11) is 3.25. The molecule has 1 saturated heterocycles. The molecule has 6 heteroatoms. The number of nitrogens with zero attached hydrogens (tertiary/aromatic N) is 3. The molecule has 1 aromatic rings. The zero-order valence-electron chi connectivity index (χ0n) is 23.8. The maximum Gasteiger partial charge on any atom is 0.224 e. The van der Waals surface area contributed by atoms with E-state index >= 15 is 0 Å². The number of rotatable bonds is 9. The fraction of sp³-hybridized carbons (Fsp3) is 0.467. The summed E-state index contributed by atoms with van der Waals surface area (Å²) in [5.74, 6) is 0.0458. The Morgan fingerprint density at radius 2 is 1.86 bits per heavy atom. The first-order valence-corrected chi connectivity index (χ1v) is 12.6. The monoisotopic (exact) mass is 498 g/mol. The van der Waals surface area contributed by atoms with Crippen molar-refractivity contribution in [1.82, 2.24) is 19.8 Å². The van der Waals surface area contributed by atoms with Gasteiger partial charge in [0, 0.05) is 51.7 Å². The molecule has 1 unspecified atom stereocenters. The largest absolute Gasteiger partial charge is 0.388 e. The number of piperidine rings is 1. The van der Waals surface area contributed by atoms with Crippen molar-refractivity contribution >= 4 is 11.6 Å². The highest BCUT2D eigenvalue weighted by Gasteiger charge is 2.20. The van der Waals surface area contributed by atoms with Crippen molar-refractivity contribution < 1.29 is 9.53 Å². The topological polar surface area (TPSA) is 59.4 Å². The molecular formula is C30H50N4O2. The SMILES string of the molecule is C=C(/C=C\C=C/C)CN1CCCC(NC(=O)C/C=C\C(=C)n2cnc(C)c2)C1.C=CC.CC.COC. The van der Waals surface area contributed by atoms with E-state index in [1.165, 1.54) is 0 Å². The van der Waals surface area contributed by atoms with Gasteiger partial charge in [0.1, 0.15) is 0 Å². The van der Waals surface area contributed by atoms with Crippen molar-refractivity contribution in [2.75, 3.05) is 33.9 Å². The van der Waals surface area contributed by atoms with Crippen LogP contribution >= 0.6 is 0 Å². The maximum absolute atomic E-state index is 12.3. The molecule has 6 nitrogen and oxygen atoms in total. The Morgan fingerprint density at radius 1 is 1.22 bits per heavy atom. The lowest BCUT2D eigenvalue weighted by molar-refractivity contribution is -0.121. The van der Waals surface area contributed by atoms with Crippen LogP contribution in [-0.4, -0.2) is 60.3 Å². The quantitative estimate of drug-likeness (QED) is 0.318. The predicted octanol–water partition coefficient (Wildman–Crippen LogP) is 6.36. The van der Waals surface area contributed by atoms with E-state index in [1.807, 2.05) is 81.8 Å². The molecule has 36 heavy (non-hydrogen) atoms. The predicted molar refractivity (Wildman–Crippen MR) is 157 cm³/mol. The van der Waals surface area contributed by atoms with Gasteiger partial charge in [-0.25, -0.2) is 4.98 Å². The maximum atomic E-state index is 12.3. The average molecular weight is 499 g/mol. The molecule has 1 atom stereocenters.